The van der Waals surface area contributed by atoms with E-state index in [2.05, 4.69) is 20.6 Å². The smallest absolute Gasteiger partial charge is 0.255 e. The predicted molar refractivity (Wildman–Crippen MR) is 99.7 cm³/mol. The number of anilines is 2. The van der Waals surface area contributed by atoms with Gasteiger partial charge in [-0.05, 0) is 43.7 Å². The van der Waals surface area contributed by atoms with E-state index in [1.807, 2.05) is 68.4 Å². The van der Waals surface area contributed by atoms with Gasteiger partial charge in [-0.1, -0.05) is 29.8 Å². The van der Waals surface area contributed by atoms with E-state index in [4.69, 9.17) is 0 Å². The molecule has 0 bridgehead atoms. The molecule has 1 heterocycles. The van der Waals surface area contributed by atoms with Gasteiger partial charge in [-0.15, -0.1) is 0 Å². The van der Waals surface area contributed by atoms with Crippen molar-refractivity contribution in [2.45, 2.75) is 20.4 Å². The van der Waals surface area contributed by atoms with Gasteiger partial charge in [0.05, 0.1) is 0 Å². The minimum Gasteiger partial charge on any atom is -0.366 e. The summed E-state index contributed by atoms with van der Waals surface area (Å²) in [6.45, 7) is 4.54. The maximum absolute atomic E-state index is 12.3. The van der Waals surface area contributed by atoms with Gasteiger partial charge in [-0.3, -0.25) is 4.79 Å². The highest BCUT2D eigenvalue weighted by Gasteiger charge is 2.06. The molecular weight excluding hydrogens is 312 g/mol. The first-order valence-corrected chi connectivity index (χ1v) is 8.09. The highest BCUT2D eigenvalue weighted by Crippen LogP contribution is 2.14. The molecule has 2 N–H and O–H groups in total. The molecule has 25 heavy (non-hydrogen) atoms. The Kier molecular flexibility index (Phi) is 5.04. The maximum Gasteiger partial charge on any atom is 0.255 e. The van der Waals surface area contributed by atoms with Gasteiger partial charge < -0.3 is 10.6 Å². The molecule has 126 valence electrons. The van der Waals surface area contributed by atoms with Crippen LogP contribution in [-0.4, -0.2) is 15.9 Å². The number of rotatable bonds is 5. The molecular formula is C20H20N4O. The van der Waals surface area contributed by atoms with Gasteiger partial charge in [-0.2, -0.15) is 0 Å². The predicted octanol–water partition coefficient (Wildman–Crippen LogP) is 3.96. The molecule has 3 aromatic rings. The molecule has 0 saturated heterocycles. The summed E-state index contributed by atoms with van der Waals surface area (Å²) >= 11 is 0. The Labute approximate surface area is 147 Å². The summed E-state index contributed by atoms with van der Waals surface area (Å²) in [5.41, 5.74) is 4.51. The SMILES string of the molecule is Cc1ccc(C(=O)Nc2cccc(CNc3cc(C)ncn3)c2)cc1. The van der Waals surface area contributed by atoms with E-state index in [9.17, 15) is 4.79 Å². The number of aryl methyl sites for hydroxylation is 2. The van der Waals surface area contributed by atoms with Crippen molar-refractivity contribution in [3.05, 3.63) is 83.3 Å². The van der Waals surface area contributed by atoms with Crippen molar-refractivity contribution < 1.29 is 4.79 Å². The van der Waals surface area contributed by atoms with E-state index in [1.54, 1.807) is 0 Å². The number of benzene rings is 2. The third-order valence-electron chi connectivity index (χ3n) is 3.78. The Balaban J connectivity index is 1.64. The standard InChI is InChI=1S/C20H20N4O/c1-14-6-8-17(9-7-14)20(25)24-18-5-3-4-16(11-18)12-21-19-10-15(2)22-13-23-19/h3-11,13H,12H2,1-2H3,(H,24,25)(H,21,22,23). The van der Waals surface area contributed by atoms with E-state index < -0.39 is 0 Å². The molecule has 1 aromatic heterocycles. The Bertz CT molecular complexity index is 875. The number of amides is 1. The minimum atomic E-state index is -0.114. The second-order valence-corrected chi connectivity index (χ2v) is 5.92. The van der Waals surface area contributed by atoms with Crippen LogP contribution in [0.1, 0.15) is 27.2 Å². The average molecular weight is 332 g/mol. The summed E-state index contributed by atoms with van der Waals surface area (Å²) < 4.78 is 0. The normalized spacial score (nSPS) is 10.3. The van der Waals surface area contributed by atoms with Crippen molar-refractivity contribution in [2.75, 3.05) is 10.6 Å². The van der Waals surface area contributed by atoms with Crippen molar-refractivity contribution >= 4 is 17.4 Å². The molecule has 5 nitrogen and oxygen atoms in total. The zero-order valence-corrected chi connectivity index (χ0v) is 14.3. The maximum atomic E-state index is 12.3. The first kappa shape index (κ1) is 16.6. The summed E-state index contributed by atoms with van der Waals surface area (Å²) in [6.07, 6.45) is 1.54. The van der Waals surface area contributed by atoms with Crippen molar-refractivity contribution in [1.82, 2.24) is 9.97 Å². The molecule has 0 aliphatic carbocycles. The van der Waals surface area contributed by atoms with E-state index >= 15 is 0 Å². The number of carbonyl (C=O) groups is 1. The molecule has 0 spiro atoms. The lowest BCUT2D eigenvalue weighted by Gasteiger charge is -2.09. The van der Waals surface area contributed by atoms with Crippen molar-refractivity contribution in [1.29, 1.82) is 0 Å². The molecule has 0 fully saturated rings. The lowest BCUT2D eigenvalue weighted by Crippen LogP contribution is -2.12. The summed E-state index contributed by atoms with van der Waals surface area (Å²) in [6, 6.07) is 17.2. The Morgan fingerprint density at radius 3 is 2.56 bits per heavy atom. The van der Waals surface area contributed by atoms with Crippen LogP contribution in [0.15, 0.2) is 60.9 Å². The van der Waals surface area contributed by atoms with Gasteiger partial charge in [0.1, 0.15) is 12.1 Å². The summed E-state index contributed by atoms with van der Waals surface area (Å²) in [4.78, 5) is 20.6. The molecule has 0 atom stereocenters. The number of nitrogens with one attached hydrogen (secondary N) is 2. The highest BCUT2D eigenvalue weighted by molar-refractivity contribution is 6.04. The molecule has 3 rings (SSSR count). The molecule has 0 saturated carbocycles. The fourth-order valence-corrected chi connectivity index (χ4v) is 2.41. The van der Waals surface area contributed by atoms with Crippen LogP contribution in [0.25, 0.3) is 0 Å². The average Bonchev–Trinajstić information content (AvgIpc) is 2.61. The second kappa shape index (κ2) is 7.57. The van der Waals surface area contributed by atoms with Gasteiger partial charge >= 0.3 is 0 Å². The second-order valence-electron chi connectivity index (χ2n) is 5.92. The van der Waals surface area contributed by atoms with E-state index in [0.717, 1.165) is 28.3 Å². The molecule has 0 aliphatic rings. The minimum absolute atomic E-state index is 0.114. The molecule has 2 aromatic carbocycles. The first-order chi connectivity index (χ1) is 12.1. The zero-order valence-electron chi connectivity index (χ0n) is 14.3. The Hall–Kier alpha value is -3.21. The number of hydrogen-bond acceptors (Lipinski definition) is 4. The van der Waals surface area contributed by atoms with Gasteiger partial charge in [-0.25, -0.2) is 9.97 Å². The largest absolute Gasteiger partial charge is 0.366 e. The van der Waals surface area contributed by atoms with Crippen molar-refractivity contribution in [2.24, 2.45) is 0 Å². The highest BCUT2D eigenvalue weighted by atomic mass is 16.1. The topological polar surface area (TPSA) is 66.9 Å². The van der Waals surface area contributed by atoms with Gasteiger partial charge in [0.15, 0.2) is 0 Å². The van der Waals surface area contributed by atoms with Crippen LogP contribution in [0, 0.1) is 13.8 Å². The van der Waals surface area contributed by atoms with Crippen LogP contribution in [0.5, 0.6) is 0 Å². The molecule has 0 unspecified atom stereocenters. The fourth-order valence-electron chi connectivity index (χ4n) is 2.41. The van der Waals surface area contributed by atoms with Crippen LogP contribution < -0.4 is 10.6 Å². The van der Waals surface area contributed by atoms with Gasteiger partial charge in [0.2, 0.25) is 0 Å². The molecule has 5 heteroatoms. The summed E-state index contributed by atoms with van der Waals surface area (Å²) in [7, 11) is 0. The van der Waals surface area contributed by atoms with Crippen LogP contribution >= 0.6 is 0 Å². The third kappa shape index (κ3) is 4.64. The number of aromatic nitrogens is 2. The monoisotopic (exact) mass is 332 g/mol. The quantitative estimate of drug-likeness (QED) is 0.742. The van der Waals surface area contributed by atoms with Gasteiger partial charge in [0, 0.05) is 29.6 Å². The van der Waals surface area contributed by atoms with E-state index in [-0.39, 0.29) is 5.91 Å². The lowest BCUT2D eigenvalue weighted by molar-refractivity contribution is 0.102. The van der Waals surface area contributed by atoms with Crippen LogP contribution in [0.2, 0.25) is 0 Å². The molecule has 1 amide bonds. The number of carbonyl (C=O) groups excluding carboxylic acids is 1. The number of nitrogens with zero attached hydrogens (tertiary/aromatic N) is 2. The Morgan fingerprint density at radius 2 is 1.80 bits per heavy atom. The summed E-state index contributed by atoms with van der Waals surface area (Å²) in [5.74, 6) is 0.665. The third-order valence-corrected chi connectivity index (χ3v) is 3.78. The Morgan fingerprint density at radius 1 is 1.00 bits per heavy atom. The number of hydrogen-bond donors (Lipinski definition) is 2. The van der Waals surface area contributed by atoms with Crippen molar-refractivity contribution in [3.8, 4) is 0 Å². The fraction of sp³-hybridized carbons (Fsp3) is 0.150. The molecule has 0 aliphatic heterocycles. The zero-order chi connectivity index (χ0) is 17.6. The van der Waals surface area contributed by atoms with Crippen LogP contribution in [0.4, 0.5) is 11.5 Å². The van der Waals surface area contributed by atoms with E-state index in [1.165, 1.54) is 6.33 Å². The lowest BCUT2D eigenvalue weighted by atomic mass is 10.1. The van der Waals surface area contributed by atoms with Crippen LogP contribution in [0.3, 0.4) is 0 Å². The summed E-state index contributed by atoms with van der Waals surface area (Å²) in [5, 5.41) is 6.19. The van der Waals surface area contributed by atoms with Crippen molar-refractivity contribution in [3.63, 3.8) is 0 Å². The molecule has 0 radical (unpaired) electrons. The first-order valence-electron chi connectivity index (χ1n) is 8.09. The van der Waals surface area contributed by atoms with Gasteiger partial charge in [0.25, 0.3) is 5.91 Å². The van der Waals surface area contributed by atoms with E-state index in [0.29, 0.717) is 12.1 Å². The van der Waals surface area contributed by atoms with Crippen LogP contribution in [-0.2, 0) is 6.54 Å².